The molecule has 5 heteroatoms. The maximum atomic E-state index is 11.2. The lowest BCUT2D eigenvalue weighted by atomic mass is 10.2. The zero-order chi connectivity index (χ0) is 10.8. The molecule has 0 aliphatic heterocycles. The van der Waals surface area contributed by atoms with Crippen LogP contribution in [0.5, 0.6) is 0 Å². The molecule has 1 aromatic heterocycles. The molecule has 0 radical (unpaired) electrons. The lowest BCUT2D eigenvalue weighted by Gasteiger charge is -1.90. The summed E-state index contributed by atoms with van der Waals surface area (Å²) in [5.41, 5.74) is 1.80. The minimum Gasteiger partial charge on any atom is -0.463 e. The Morgan fingerprint density at radius 1 is 1.60 bits per heavy atom. The predicted octanol–water partition coefficient (Wildman–Crippen LogP) is 1.22. The van der Waals surface area contributed by atoms with Gasteiger partial charge in [0.15, 0.2) is 0 Å². The van der Waals surface area contributed by atoms with Crippen molar-refractivity contribution in [1.82, 2.24) is 9.97 Å². The molecule has 0 saturated carbocycles. The number of benzene rings is 1. The summed E-state index contributed by atoms with van der Waals surface area (Å²) in [6, 6.07) is 6.96. The highest BCUT2D eigenvalue weighted by molar-refractivity contribution is 5.90. The van der Waals surface area contributed by atoms with Crippen molar-refractivity contribution in [2.45, 2.75) is 0 Å². The number of H-pyrrole nitrogens is 1. The molecule has 0 amide bonds. The van der Waals surface area contributed by atoms with Gasteiger partial charge in [-0.25, -0.2) is 9.78 Å². The van der Waals surface area contributed by atoms with Crippen LogP contribution in [-0.4, -0.2) is 23.0 Å². The fourth-order valence-corrected chi connectivity index (χ4v) is 1.27. The van der Waals surface area contributed by atoms with E-state index in [0.29, 0.717) is 16.6 Å². The molecule has 0 aliphatic carbocycles. The van der Waals surface area contributed by atoms with E-state index in [-0.39, 0.29) is 5.82 Å². The van der Waals surface area contributed by atoms with E-state index in [2.05, 4.69) is 14.7 Å². The number of nitriles is 1. The smallest absolute Gasteiger partial charge is 0.374 e. The Balaban J connectivity index is 2.57. The number of fused-ring (bicyclic) bond motifs is 1. The highest BCUT2D eigenvalue weighted by Crippen LogP contribution is 2.13. The molecule has 0 aliphatic rings. The Morgan fingerprint density at radius 3 is 3.07 bits per heavy atom. The number of carbonyl (C=O) groups is 1. The van der Waals surface area contributed by atoms with Crippen LogP contribution >= 0.6 is 0 Å². The number of imidazole rings is 1. The number of aromatic amines is 1. The van der Waals surface area contributed by atoms with Gasteiger partial charge in [0, 0.05) is 0 Å². The van der Waals surface area contributed by atoms with Crippen LogP contribution in [-0.2, 0) is 4.74 Å². The average Bonchev–Trinajstić information content (AvgIpc) is 2.70. The van der Waals surface area contributed by atoms with Crippen molar-refractivity contribution in [3.05, 3.63) is 29.6 Å². The van der Waals surface area contributed by atoms with Crippen LogP contribution in [0, 0.1) is 11.3 Å². The summed E-state index contributed by atoms with van der Waals surface area (Å²) in [6.45, 7) is 0. The van der Waals surface area contributed by atoms with Crippen LogP contribution in [0.3, 0.4) is 0 Å². The molecule has 0 unspecified atom stereocenters. The quantitative estimate of drug-likeness (QED) is 0.703. The zero-order valence-electron chi connectivity index (χ0n) is 7.94. The highest BCUT2D eigenvalue weighted by atomic mass is 16.5. The van der Waals surface area contributed by atoms with Gasteiger partial charge in [-0.3, -0.25) is 0 Å². The molecule has 1 heterocycles. The summed E-state index contributed by atoms with van der Waals surface area (Å²) in [5, 5.41) is 8.68. The Kier molecular flexibility index (Phi) is 2.10. The van der Waals surface area contributed by atoms with Gasteiger partial charge >= 0.3 is 5.97 Å². The van der Waals surface area contributed by atoms with Crippen LogP contribution in [0.2, 0.25) is 0 Å². The van der Waals surface area contributed by atoms with Crippen LogP contribution in [0.25, 0.3) is 11.0 Å². The monoisotopic (exact) mass is 201 g/mol. The normalized spacial score (nSPS) is 9.87. The SMILES string of the molecule is COC(=O)c1nc2ccc(C#N)cc2[nH]1. The Hall–Kier alpha value is -2.35. The van der Waals surface area contributed by atoms with Gasteiger partial charge in [-0.1, -0.05) is 0 Å². The molecule has 2 rings (SSSR count). The number of methoxy groups -OCH3 is 1. The number of esters is 1. The van der Waals surface area contributed by atoms with E-state index in [4.69, 9.17) is 5.26 Å². The van der Waals surface area contributed by atoms with E-state index in [9.17, 15) is 4.79 Å². The third-order valence-electron chi connectivity index (χ3n) is 1.99. The summed E-state index contributed by atoms with van der Waals surface area (Å²) < 4.78 is 4.52. The number of carbonyl (C=O) groups excluding carboxylic acids is 1. The third kappa shape index (κ3) is 1.53. The predicted molar refractivity (Wildman–Crippen MR) is 52.1 cm³/mol. The molecule has 0 bridgehead atoms. The second kappa shape index (κ2) is 3.42. The fourth-order valence-electron chi connectivity index (χ4n) is 1.27. The summed E-state index contributed by atoms with van der Waals surface area (Å²) in [4.78, 5) is 18.0. The minimum atomic E-state index is -0.523. The molecule has 0 spiro atoms. The van der Waals surface area contributed by atoms with Crippen molar-refractivity contribution in [3.63, 3.8) is 0 Å². The van der Waals surface area contributed by atoms with Crippen molar-refractivity contribution < 1.29 is 9.53 Å². The van der Waals surface area contributed by atoms with E-state index in [0.717, 1.165) is 0 Å². The maximum absolute atomic E-state index is 11.2. The number of aromatic nitrogens is 2. The number of hydrogen-bond acceptors (Lipinski definition) is 4. The topological polar surface area (TPSA) is 78.8 Å². The van der Waals surface area contributed by atoms with Crippen LogP contribution in [0.1, 0.15) is 16.2 Å². The van der Waals surface area contributed by atoms with E-state index in [1.165, 1.54) is 7.11 Å². The second-order valence-corrected chi connectivity index (χ2v) is 2.92. The van der Waals surface area contributed by atoms with Crippen molar-refractivity contribution in [3.8, 4) is 6.07 Å². The number of nitrogens with one attached hydrogen (secondary N) is 1. The molecular weight excluding hydrogens is 194 g/mol. The first kappa shape index (κ1) is 9.21. The van der Waals surface area contributed by atoms with Gasteiger partial charge in [-0.2, -0.15) is 5.26 Å². The summed E-state index contributed by atoms with van der Waals surface area (Å²) in [6.07, 6.45) is 0. The van der Waals surface area contributed by atoms with Crippen molar-refractivity contribution in [1.29, 1.82) is 5.26 Å². The molecule has 5 nitrogen and oxygen atoms in total. The first-order valence-corrected chi connectivity index (χ1v) is 4.23. The molecule has 15 heavy (non-hydrogen) atoms. The van der Waals surface area contributed by atoms with E-state index >= 15 is 0 Å². The van der Waals surface area contributed by atoms with Gasteiger partial charge in [-0.15, -0.1) is 0 Å². The van der Waals surface area contributed by atoms with Crippen LogP contribution < -0.4 is 0 Å². The molecule has 0 fully saturated rings. The maximum Gasteiger partial charge on any atom is 0.374 e. The van der Waals surface area contributed by atoms with Crippen LogP contribution in [0.15, 0.2) is 18.2 Å². The fraction of sp³-hybridized carbons (Fsp3) is 0.100. The average molecular weight is 201 g/mol. The Morgan fingerprint density at radius 2 is 2.40 bits per heavy atom. The van der Waals surface area contributed by atoms with Gasteiger partial charge in [0.05, 0.1) is 29.8 Å². The molecule has 1 aromatic carbocycles. The molecular formula is C10H7N3O2. The van der Waals surface area contributed by atoms with E-state index in [1.807, 2.05) is 6.07 Å². The minimum absolute atomic E-state index is 0.141. The van der Waals surface area contributed by atoms with Crippen molar-refractivity contribution in [2.24, 2.45) is 0 Å². The second-order valence-electron chi connectivity index (χ2n) is 2.92. The molecule has 2 aromatic rings. The highest BCUT2D eigenvalue weighted by Gasteiger charge is 2.11. The third-order valence-corrected chi connectivity index (χ3v) is 1.99. The van der Waals surface area contributed by atoms with Gasteiger partial charge in [0.1, 0.15) is 0 Å². The first-order chi connectivity index (χ1) is 7.24. The van der Waals surface area contributed by atoms with Crippen molar-refractivity contribution in [2.75, 3.05) is 7.11 Å². The van der Waals surface area contributed by atoms with Gasteiger partial charge in [-0.05, 0) is 18.2 Å². The number of ether oxygens (including phenoxy) is 1. The lowest BCUT2D eigenvalue weighted by molar-refractivity contribution is 0.0588. The number of nitrogens with zero attached hydrogens (tertiary/aromatic N) is 2. The summed E-state index contributed by atoms with van der Waals surface area (Å²) in [5.74, 6) is -0.382. The van der Waals surface area contributed by atoms with Gasteiger partial charge in [0.25, 0.3) is 0 Å². The first-order valence-electron chi connectivity index (χ1n) is 4.23. The summed E-state index contributed by atoms with van der Waals surface area (Å²) in [7, 11) is 1.29. The Labute approximate surface area is 85.3 Å². The zero-order valence-corrected chi connectivity index (χ0v) is 7.94. The lowest BCUT2D eigenvalue weighted by Crippen LogP contribution is -2.02. The van der Waals surface area contributed by atoms with Crippen LogP contribution in [0.4, 0.5) is 0 Å². The summed E-state index contributed by atoms with van der Waals surface area (Å²) >= 11 is 0. The molecule has 0 saturated heterocycles. The van der Waals surface area contributed by atoms with Gasteiger partial charge < -0.3 is 9.72 Å². The van der Waals surface area contributed by atoms with Crippen molar-refractivity contribution >= 4 is 17.0 Å². The van der Waals surface area contributed by atoms with Gasteiger partial charge in [0.2, 0.25) is 5.82 Å². The Bertz CT molecular complexity index is 566. The number of hydrogen-bond donors (Lipinski definition) is 1. The molecule has 0 atom stereocenters. The molecule has 1 N–H and O–H groups in total. The standard InChI is InChI=1S/C10H7N3O2/c1-15-10(14)9-12-7-3-2-6(5-11)4-8(7)13-9/h2-4H,1H3,(H,12,13). The van der Waals surface area contributed by atoms with E-state index < -0.39 is 5.97 Å². The van der Waals surface area contributed by atoms with E-state index in [1.54, 1.807) is 18.2 Å². The largest absolute Gasteiger partial charge is 0.463 e. The number of rotatable bonds is 1. The molecule has 74 valence electrons.